The van der Waals surface area contributed by atoms with Crippen LogP contribution in [0.1, 0.15) is 15.9 Å². The lowest BCUT2D eigenvalue weighted by molar-refractivity contribution is 0.0999. The first-order valence-electron chi connectivity index (χ1n) is 8.72. The molecule has 0 bridgehead atoms. The first-order valence-corrected chi connectivity index (χ1v) is 8.72. The van der Waals surface area contributed by atoms with Crippen LogP contribution in [0.25, 0.3) is 11.1 Å². The Morgan fingerprint density at radius 2 is 1.96 bits per heavy atom. The highest BCUT2D eigenvalue weighted by Crippen LogP contribution is 2.32. The van der Waals surface area contributed by atoms with E-state index in [0.717, 1.165) is 67.3 Å². The summed E-state index contributed by atoms with van der Waals surface area (Å²) in [7, 11) is 2.14. The van der Waals surface area contributed by atoms with Gasteiger partial charge in [0, 0.05) is 55.7 Å². The normalized spacial score (nSPS) is 17.2. The van der Waals surface area contributed by atoms with E-state index in [1.807, 2.05) is 12.3 Å². The van der Waals surface area contributed by atoms with Crippen LogP contribution >= 0.6 is 0 Å². The molecule has 1 fully saturated rings. The first kappa shape index (κ1) is 15.9. The zero-order valence-corrected chi connectivity index (χ0v) is 14.5. The molecule has 2 aliphatic heterocycles. The van der Waals surface area contributed by atoms with Gasteiger partial charge in [-0.05, 0) is 48.9 Å². The summed E-state index contributed by atoms with van der Waals surface area (Å²) in [6, 6.07) is 8.11. The summed E-state index contributed by atoms with van der Waals surface area (Å²) in [5, 5.41) is 3.33. The number of piperazine rings is 1. The lowest BCUT2D eigenvalue weighted by atomic mass is 9.97. The predicted octanol–water partition coefficient (Wildman–Crippen LogP) is 1.57. The zero-order chi connectivity index (χ0) is 17.4. The van der Waals surface area contributed by atoms with Crippen molar-refractivity contribution in [3.05, 3.63) is 41.6 Å². The number of nitrogens with two attached hydrogens (primary N) is 1. The van der Waals surface area contributed by atoms with Crippen molar-refractivity contribution in [3.63, 3.8) is 0 Å². The molecule has 3 N–H and O–H groups in total. The summed E-state index contributed by atoms with van der Waals surface area (Å²) in [5.41, 5.74) is 10.2. The molecule has 0 saturated carbocycles. The van der Waals surface area contributed by atoms with E-state index in [1.165, 1.54) is 0 Å². The van der Waals surface area contributed by atoms with E-state index in [4.69, 9.17) is 5.73 Å². The molecule has 0 atom stereocenters. The van der Waals surface area contributed by atoms with Crippen LogP contribution in [0.2, 0.25) is 0 Å². The van der Waals surface area contributed by atoms with Gasteiger partial charge in [0.25, 0.3) is 0 Å². The quantitative estimate of drug-likeness (QED) is 0.889. The van der Waals surface area contributed by atoms with Crippen LogP contribution in [0.3, 0.4) is 0 Å². The van der Waals surface area contributed by atoms with E-state index >= 15 is 0 Å². The number of likely N-dealkylation sites (N-methyl/N-ethyl adjacent to an activating group) is 1. The van der Waals surface area contributed by atoms with Gasteiger partial charge >= 0.3 is 0 Å². The van der Waals surface area contributed by atoms with Crippen molar-refractivity contribution < 1.29 is 4.79 Å². The SMILES string of the molecule is CN1CCN(c2ccc(-c3cc4c(c(C(N)=O)c3)CCN4)cn2)CC1. The largest absolute Gasteiger partial charge is 0.384 e. The third-order valence-corrected chi connectivity index (χ3v) is 5.11. The Hall–Kier alpha value is -2.60. The number of carbonyl (C=O) groups is 1. The standard InChI is InChI=1S/C19H23N5O/c1-23-6-8-24(9-7-23)18-3-2-13(12-22-18)14-10-16(19(20)25)15-4-5-21-17(15)11-14/h2-3,10-12,21H,4-9H2,1H3,(H2,20,25). The molecular formula is C19H23N5O. The molecule has 0 spiro atoms. The van der Waals surface area contributed by atoms with Crippen LogP contribution in [-0.2, 0) is 6.42 Å². The third-order valence-electron chi connectivity index (χ3n) is 5.11. The molecule has 25 heavy (non-hydrogen) atoms. The maximum Gasteiger partial charge on any atom is 0.249 e. The van der Waals surface area contributed by atoms with E-state index in [0.29, 0.717) is 5.56 Å². The number of nitrogens with zero attached hydrogens (tertiary/aromatic N) is 3. The molecule has 3 heterocycles. The Morgan fingerprint density at radius 3 is 2.64 bits per heavy atom. The number of benzene rings is 1. The number of pyridine rings is 1. The van der Waals surface area contributed by atoms with Gasteiger partial charge in [-0.25, -0.2) is 4.98 Å². The fraction of sp³-hybridized carbons (Fsp3) is 0.368. The second-order valence-corrected chi connectivity index (χ2v) is 6.79. The highest BCUT2D eigenvalue weighted by atomic mass is 16.1. The van der Waals surface area contributed by atoms with Gasteiger partial charge in [-0.1, -0.05) is 0 Å². The summed E-state index contributed by atoms with van der Waals surface area (Å²) >= 11 is 0. The Kier molecular flexibility index (Phi) is 4.05. The van der Waals surface area contributed by atoms with Gasteiger partial charge < -0.3 is 20.9 Å². The molecule has 1 saturated heterocycles. The van der Waals surface area contributed by atoms with Crippen molar-refractivity contribution in [3.8, 4) is 11.1 Å². The average Bonchev–Trinajstić information content (AvgIpc) is 3.10. The van der Waals surface area contributed by atoms with E-state index in [9.17, 15) is 4.79 Å². The second-order valence-electron chi connectivity index (χ2n) is 6.79. The fourth-order valence-corrected chi connectivity index (χ4v) is 3.59. The van der Waals surface area contributed by atoms with Gasteiger partial charge in [0.2, 0.25) is 5.91 Å². The van der Waals surface area contributed by atoms with Crippen LogP contribution in [0.15, 0.2) is 30.5 Å². The Balaban J connectivity index is 1.62. The molecule has 2 aromatic rings. The van der Waals surface area contributed by atoms with E-state index in [1.54, 1.807) is 0 Å². The average molecular weight is 337 g/mol. The molecule has 1 aromatic heterocycles. The summed E-state index contributed by atoms with van der Waals surface area (Å²) in [5.74, 6) is 0.634. The Morgan fingerprint density at radius 1 is 1.16 bits per heavy atom. The third kappa shape index (κ3) is 3.05. The molecule has 6 nitrogen and oxygen atoms in total. The van der Waals surface area contributed by atoms with Crippen LogP contribution in [0.4, 0.5) is 11.5 Å². The number of fused-ring (bicyclic) bond motifs is 1. The molecule has 130 valence electrons. The van der Waals surface area contributed by atoms with Crippen molar-refractivity contribution >= 4 is 17.4 Å². The van der Waals surface area contributed by atoms with Crippen molar-refractivity contribution in [2.45, 2.75) is 6.42 Å². The highest BCUT2D eigenvalue weighted by molar-refractivity contribution is 5.98. The predicted molar refractivity (Wildman–Crippen MR) is 100 cm³/mol. The number of primary amides is 1. The Bertz CT molecular complexity index is 794. The van der Waals surface area contributed by atoms with Crippen molar-refractivity contribution in [1.82, 2.24) is 9.88 Å². The number of nitrogens with one attached hydrogen (secondary N) is 1. The summed E-state index contributed by atoms with van der Waals surface area (Å²) in [4.78, 5) is 21.1. The molecule has 1 amide bonds. The maximum absolute atomic E-state index is 11.8. The van der Waals surface area contributed by atoms with Gasteiger partial charge in [-0.2, -0.15) is 0 Å². The van der Waals surface area contributed by atoms with Crippen LogP contribution in [0, 0.1) is 0 Å². The number of rotatable bonds is 3. The van der Waals surface area contributed by atoms with Crippen LogP contribution in [0.5, 0.6) is 0 Å². The van der Waals surface area contributed by atoms with Crippen LogP contribution in [-0.4, -0.2) is 55.6 Å². The minimum absolute atomic E-state index is 0.371. The molecule has 0 radical (unpaired) electrons. The van der Waals surface area contributed by atoms with Gasteiger partial charge in [0.15, 0.2) is 0 Å². The number of amides is 1. The molecular weight excluding hydrogens is 314 g/mol. The van der Waals surface area contributed by atoms with Gasteiger partial charge in [-0.15, -0.1) is 0 Å². The second kappa shape index (κ2) is 6.37. The summed E-state index contributed by atoms with van der Waals surface area (Å²) in [6.45, 7) is 4.96. The molecule has 1 aromatic carbocycles. The van der Waals surface area contributed by atoms with Gasteiger partial charge in [-0.3, -0.25) is 4.79 Å². The van der Waals surface area contributed by atoms with Crippen molar-refractivity contribution in [2.24, 2.45) is 5.73 Å². The number of carbonyl (C=O) groups excluding carboxylic acids is 1. The number of hydrogen-bond acceptors (Lipinski definition) is 5. The molecule has 0 aliphatic carbocycles. The van der Waals surface area contributed by atoms with E-state index < -0.39 is 0 Å². The monoisotopic (exact) mass is 337 g/mol. The minimum atomic E-state index is -0.371. The summed E-state index contributed by atoms with van der Waals surface area (Å²) < 4.78 is 0. The number of hydrogen-bond donors (Lipinski definition) is 2. The topological polar surface area (TPSA) is 74.5 Å². The van der Waals surface area contributed by atoms with E-state index in [-0.39, 0.29) is 5.91 Å². The maximum atomic E-state index is 11.8. The lowest BCUT2D eigenvalue weighted by Crippen LogP contribution is -2.44. The summed E-state index contributed by atoms with van der Waals surface area (Å²) in [6.07, 6.45) is 2.73. The Labute approximate surface area is 147 Å². The fourth-order valence-electron chi connectivity index (χ4n) is 3.59. The van der Waals surface area contributed by atoms with Crippen molar-refractivity contribution in [1.29, 1.82) is 0 Å². The van der Waals surface area contributed by atoms with Crippen molar-refractivity contribution in [2.75, 3.05) is 50.0 Å². The smallest absolute Gasteiger partial charge is 0.249 e. The first-order chi connectivity index (χ1) is 12.1. The van der Waals surface area contributed by atoms with Crippen LogP contribution < -0.4 is 16.0 Å². The molecule has 6 heteroatoms. The zero-order valence-electron chi connectivity index (χ0n) is 14.5. The molecule has 2 aliphatic rings. The number of anilines is 2. The number of aromatic nitrogens is 1. The molecule has 0 unspecified atom stereocenters. The minimum Gasteiger partial charge on any atom is -0.384 e. The lowest BCUT2D eigenvalue weighted by Gasteiger charge is -2.33. The van der Waals surface area contributed by atoms with Gasteiger partial charge in [0.1, 0.15) is 5.82 Å². The highest BCUT2D eigenvalue weighted by Gasteiger charge is 2.20. The molecule has 4 rings (SSSR count). The van der Waals surface area contributed by atoms with E-state index in [2.05, 4.69) is 45.3 Å². The van der Waals surface area contributed by atoms with Gasteiger partial charge in [0.05, 0.1) is 0 Å².